The first-order valence-electron chi connectivity index (χ1n) is 38.5. The molecule has 0 radical (unpaired) electrons. The van der Waals surface area contributed by atoms with Crippen LogP contribution in [0.5, 0.6) is 0 Å². The molecule has 0 aromatic carbocycles. The summed E-state index contributed by atoms with van der Waals surface area (Å²) in [6, 6.07) is 0. The molecule has 0 aliphatic rings. The van der Waals surface area contributed by atoms with Crippen molar-refractivity contribution in [2.45, 2.75) is 341 Å². The molecule has 0 aromatic rings. The molecule has 0 saturated carbocycles. The lowest BCUT2D eigenvalue weighted by Crippen LogP contribution is -2.30. The van der Waals surface area contributed by atoms with Gasteiger partial charge in [-0.05, 0) is 141 Å². The second kappa shape index (κ2) is 71.4. The molecule has 5 unspecified atom stereocenters. The Morgan fingerprint density at radius 3 is 0.878 bits per heavy atom. The summed E-state index contributed by atoms with van der Waals surface area (Å²) in [6.45, 7) is 4.65. The zero-order chi connectivity index (χ0) is 71.8. The first kappa shape index (κ1) is 94.0. The van der Waals surface area contributed by atoms with Crippen LogP contribution in [0.4, 0.5) is 0 Å². The molecule has 0 spiro atoms. The molecule has 0 aromatic heterocycles. The van der Waals surface area contributed by atoms with Gasteiger partial charge in [0, 0.05) is 25.7 Å². The van der Waals surface area contributed by atoms with E-state index >= 15 is 0 Å². The highest BCUT2D eigenvalue weighted by atomic mass is 31.2. The largest absolute Gasteiger partial charge is 0.472 e. The number of aliphatic hydroxyl groups is 1. The molecule has 0 heterocycles. The van der Waals surface area contributed by atoms with E-state index in [2.05, 4.69) is 125 Å². The number of phosphoric ester groups is 2. The lowest BCUT2D eigenvalue weighted by molar-refractivity contribution is -0.161. The molecule has 0 aliphatic heterocycles. The van der Waals surface area contributed by atoms with Crippen molar-refractivity contribution in [2.75, 3.05) is 39.6 Å². The standard InChI is InChI=1S/C79H138O17P2/c1-5-9-13-17-21-25-29-32-34-35-36-37-39-42-45-48-52-56-60-64-77(82)90-70-75(96-79(84)66-62-58-54-50-46-40-31-27-23-19-15-11-7-3)72-94-98(87,88)92-68-73(80)67-91-97(85,86)93-71-74(95-78(83)65-61-57-53-49-43-28-24-20-16-12-8-4)69-89-76(81)63-59-55-51-47-44-41-38-33-30-26-22-18-14-10-6-2/h9,13,20-21,24-25,27,31-34,36-38,42,45,73-75,80H,5-8,10-12,14-19,22-23,26,28-30,35,39-41,43-44,46-72H2,1-4H3,(H,85,86)(H,87,88)/b13-9-,24-20-,25-21-,31-27-,34-32-,37-36-,38-33-,45-42-. The molecule has 98 heavy (non-hydrogen) atoms. The topological polar surface area (TPSA) is 237 Å². The van der Waals surface area contributed by atoms with E-state index in [0.29, 0.717) is 25.7 Å². The maximum atomic E-state index is 13.1. The summed E-state index contributed by atoms with van der Waals surface area (Å²) in [5.74, 6) is -2.23. The Balaban J connectivity index is 5.34. The third-order valence-electron chi connectivity index (χ3n) is 16.0. The average molecular weight is 1420 g/mol. The molecule has 19 heteroatoms. The highest BCUT2D eigenvalue weighted by molar-refractivity contribution is 7.47. The number of ether oxygens (including phenoxy) is 4. The van der Waals surface area contributed by atoms with Gasteiger partial charge in [-0.3, -0.25) is 37.3 Å². The van der Waals surface area contributed by atoms with Gasteiger partial charge in [0.1, 0.15) is 19.3 Å². The number of hydrogen-bond acceptors (Lipinski definition) is 15. The molecule has 0 amide bonds. The zero-order valence-electron chi connectivity index (χ0n) is 61.7. The first-order valence-corrected chi connectivity index (χ1v) is 41.5. The van der Waals surface area contributed by atoms with Gasteiger partial charge in [0.05, 0.1) is 26.4 Å². The van der Waals surface area contributed by atoms with Gasteiger partial charge < -0.3 is 33.8 Å². The molecule has 0 rings (SSSR count). The van der Waals surface area contributed by atoms with Crippen molar-refractivity contribution in [3.05, 3.63) is 97.2 Å². The van der Waals surface area contributed by atoms with Crippen LogP contribution in [0.25, 0.3) is 0 Å². The normalized spacial score (nSPS) is 14.5. The van der Waals surface area contributed by atoms with Crippen molar-refractivity contribution in [1.82, 2.24) is 0 Å². The number of phosphoric acid groups is 2. The molecular formula is C79H138O17P2. The van der Waals surface area contributed by atoms with Gasteiger partial charge in [0.15, 0.2) is 12.2 Å². The van der Waals surface area contributed by atoms with Gasteiger partial charge in [-0.25, -0.2) is 9.13 Å². The fourth-order valence-electron chi connectivity index (χ4n) is 10.1. The molecule has 3 N–H and O–H groups in total. The van der Waals surface area contributed by atoms with E-state index < -0.39 is 97.5 Å². The molecule has 566 valence electrons. The van der Waals surface area contributed by atoms with Crippen molar-refractivity contribution in [2.24, 2.45) is 0 Å². The van der Waals surface area contributed by atoms with E-state index in [0.717, 1.165) is 167 Å². The number of hydrogen-bond donors (Lipinski definition) is 3. The maximum absolute atomic E-state index is 13.1. The predicted octanol–water partition coefficient (Wildman–Crippen LogP) is 22.0. The van der Waals surface area contributed by atoms with Crippen LogP contribution in [-0.4, -0.2) is 96.7 Å². The number of rotatable bonds is 72. The lowest BCUT2D eigenvalue weighted by atomic mass is 10.1. The highest BCUT2D eigenvalue weighted by Crippen LogP contribution is 2.45. The Morgan fingerprint density at radius 2 is 0.541 bits per heavy atom. The van der Waals surface area contributed by atoms with E-state index in [1.54, 1.807) is 0 Å². The van der Waals surface area contributed by atoms with E-state index in [1.807, 2.05) is 0 Å². The molecule has 0 aliphatic carbocycles. The summed E-state index contributed by atoms with van der Waals surface area (Å²) in [5, 5.41) is 10.6. The maximum Gasteiger partial charge on any atom is 0.472 e. The van der Waals surface area contributed by atoms with E-state index in [1.165, 1.54) is 77.0 Å². The van der Waals surface area contributed by atoms with Gasteiger partial charge in [-0.15, -0.1) is 0 Å². The van der Waals surface area contributed by atoms with Crippen LogP contribution in [0.2, 0.25) is 0 Å². The Bertz CT molecular complexity index is 2240. The van der Waals surface area contributed by atoms with Gasteiger partial charge in [-0.1, -0.05) is 253 Å². The SMILES string of the molecule is CC/C=C\C/C=C\C/C=C\C/C=C\C/C=C\CCCCCC(=O)OCC(COP(=O)(O)OCC(O)COP(=O)(O)OCC(COC(=O)CCCCCCC/C=C\CCCCCCCC)OC(=O)CCCCCCC/C=C\CCCC)OC(=O)CCCCCCC/C=C\CCCCCC. The van der Waals surface area contributed by atoms with Crippen LogP contribution in [0, 0.1) is 0 Å². The van der Waals surface area contributed by atoms with Crippen LogP contribution in [0.15, 0.2) is 97.2 Å². The van der Waals surface area contributed by atoms with Crippen molar-refractivity contribution < 1.29 is 80.2 Å². The number of carbonyl (C=O) groups is 4. The Kier molecular flexibility index (Phi) is 68.4. The minimum absolute atomic E-state index is 0.0769. The Hall–Kier alpha value is -4.02. The number of esters is 4. The predicted molar refractivity (Wildman–Crippen MR) is 399 cm³/mol. The van der Waals surface area contributed by atoms with Gasteiger partial charge in [0.25, 0.3) is 0 Å². The van der Waals surface area contributed by atoms with E-state index in [4.69, 9.17) is 37.0 Å². The lowest BCUT2D eigenvalue weighted by Gasteiger charge is -2.21. The van der Waals surface area contributed by atoms with Gasteiger partial charge in [0.2, 0.25) is 0 Å². The Morgan fingerprint density at radius 1 is 0.296 bits per heavy atom. The van der Waals surface area contributed by atoms with E-state index in [-0.39, 0.29) is 25.7 Å². The van der Waals surface area contributed by atoms with Crippen molar-refractivity contribution in [1.29, 1.82) is 0 Å². The third kappa shape index (κ3) is 70.4. The first-order chi connectivity index (χ1) is 47.7. The minimum Gasteiger partial charge on any atom is -0.462 e. The monoisotopic (exact) mass is 1420 g/mol. The fourth-order valence-corrected chi connectivity index (χ4v) is 11.7. The Labute approximate surface area is 595 Å². The van der Waals surface area contributed by atoms with Gasteiger partial charge in [-0.2, -0.15) is 0 Å². The van der Waals surface area contributed by atoms with Crippen LogP contribution in [0.3, 0.4) is 0 Å². The summed E-state index contributed by atoms with van der Waals surface area (Å²) in [6.07, 6.45) is 74.0. The number of carbonyl (C=O) groups excluding carboxylic acids is 4. The van der Waals surface area contributed by atoms with Crippen molar-refractivity contribution in [3.8, 4) is 0 Å². The molecule has 0 fully saturated rings. The molecule has 0 bridgehead atoms. The van der Waals surface area contributed by atoms with Crippen molar-refractivity contribution in [3.63, 3.8) is 0 Å². The molecule has 0 saturated heterocycles. The number of aliphatic hydroxyl groups excluding tert-OH is 1. The summed E-state index contributed by atoms with van der Waals surface area (Å²) in [7, 11) is -9.96. The average Bonchev–Trinajstić information content (AvgIpc) is 0.972. The summed E-state index contributed by atoms with van der Waals surface area (Å²) in [4.78, 5) is 72.8. The van der Waals surface area contributed by atoms with Crippen LogP contribution in [-0.2, 0) is 65.4 Å². The highest BCUT2D eigenvalue weighted by Gasteiger charge is 2.30. The quantitative estimate of drug-likeness (QED) is 0.0169. The van der Waals surface area contributed by atoms with E-state index in [9.17, 15) is 43.2 Å². The van der Waals surface area contributed by atoms with Crippen molar-refractivity contribution >= 4 is 39.5 Å². The summed E-state index contributed by atoms with van der Waals surface area (Å²) >= 11 is 0. The zero-order valence-corrected chi connectivity index (χ0v) is 63.5. The molecular weight excluding hydrogens is 1280 g/mol. The third-order valence-corrected chi connectivity index (χ3v) is 17.9. The van der Waals surface area contributed by atoms with Crippen LogP contribution >= 0.6 is 15.6 Å². The smallest absolute Gasteiger partial charge is 0.462 e. The second-order valence-corrected chi connectivity index (χ2v) is 28.5. The fraction of sp³-hybridized carbons (Fsp3) is 0.747. The molecule has 17 nitrogen and oxygen atoms in total. The summed E-state index contributed by atoms with van der Waals surface area (Å²) < 4.78 is 68.4. The number of allylic oxidation sites excluding steroid dienone is 16. The minimum atomic E-state index is -4.98. The number of unbranched alkanes of at least 4 members (excludes halogenated alkanes) is 30. The van der Waals surface area contributed by atoms with Gasteiger partial charge >= 0.3 is 39.5 Å². The van der Waals surface area contributed by atoms with Crippen LogP contribution in [0.1, 0.15) is 323 Å². The molecule has 5 atom stereocenters. The second-order valence-electron chi connectivity index (χ2n) is 25.6. The summed E-state index contributed by atoms with van der Waals surface area (Å²) in [5.41, 5.74) is 0. The van der Waals surface area contributed by atoms with Crippen LogP contribution < -0.4 is 0 Å².